The normalized spacial score (nSPS) is 22.3. The van der Waals surface area contributed by atoms with Gasteiger partial charge in [-0.2, -0.15) is 5.26 Å². The predicted molar refractivity (Wildman–Crippen MR) is 80.7 cm³/mol. The van der Waals surface area contributed by atoms with Crippen molar-refractivity contribution in [2.75, 3.05) is 0 Å². The van der Waals surface area contributed by atoms with Crippen molar-refractivity contribution >= 4 is 0 Å². The van der Waals surface area contributed by atoms with E-state index >= 15 is 0 Å². The minimum Gasteiger partial charge on any atom is -0.485 e. The topological polar surface area (TPSA) is 75.2 Å². The zero-order valence-corrected chi connectivity index (χ0v) is 12.4. The van der Waals surface area contributed by atoms with Crippen molar-refractivity contribution in [3.05, 3.63) is 64.1 Å². The van der Waals surface area contributed by atoms with Crippen LogP contribution in [0.2, 0.25) is 0 Å². The first kappa shape index (κ1) is 14.4. The minimum absolute atomic E-state index is 0.211. The van der Waals surface area contributed by atoms with Crippen LogP contribution >= 0.6 is 0 Å². The van der Waals surface area contributed by atoms with Gasteiger partial charge in [0.1, 0.15) is 17.5 Å². The van der Waals surface area contributed by atoms with Gasteiger partial charge in [-0.05, 0) is 38.1 Å². The number of aromatic nitrogens is 1. The lowest BCUT2D eigenvalue weighted by Crippen LogP contribution is -2.52. The van der Waals surface area contributed by atoms with Gasteiger partial charge in [0.15, 0.2) is 0 Å². The van der Waals surface area contributed by atoms with Crippen LogP contribution in [0.4, 0.5) is 0 Å². The Balaban J connectivity index is 2.26. The van der Waals surface area contributed by atoms with E-state index in [0.29, 0.717) is 16.9 Å². The van der Waals surface area contributed by atoms with Crippen molar-refractivity contribution in [3.8, 4) is 11.8 Å². The number of ether oxygens (including phenoxy) is 1. The van der Waals surface area contributed by atoms with E-state index in [1.807, 2.05) is 0 Å². The Labute approximate surface area is 128 Å². The lowest BCUT2D eigenvalue weighted by molar-refractivity contribution is -0.0642. The molecule has 0 unspecified atom stereocenters. The monoisotopic (exact) mass is 296 g/mol. The molecule has 1 aromatic heterocycles. The zero-order valence-electron chi connectivity index (χ0n) is 12.4. The van der Waals surface area contributed by atoms with Gasteiger partial charge in [0.05, 0.1) is 17.7 Å². The van der Waals surface area contributed by atoms with Gasteiger partial charge in [0.2, 0.25) is 0 Å². The minimum atomic E-state index is -0.922. The molecule has 0 spiro atoms. The fourth-order valence-electron chi connectivity index (χ4n) is 2.81. The molecule has 2 heterocycles. The summed E-state index contributed by atoms with van der Waals surface area (Å²) in [5.41, 5.74) is 0.0427. The summed E-state index contributed by atoms with van der Waals surface area (Å²) in [6, 6.07) is 11.4. The molecule has 0 radical (unpaired) electrons. The second-order valence-electron chi connectivity index (χ2n) is 5.91. The maximum Gasteiger partial charge on any atom is 0.251 e. The van der Waals surface area contributed by atoms with Crippen LogP contribution in [0.1, 0.15) is 31.0 Å². The maximum atomic E-state index is 12.2. The molecule has 5 heteroatoms. The van der Waals surface area contributed by atoms with E-state index < -0.39 is 17.7 Å². The molecule has 0 saturated carbocycles. The second-order valence-corrected chi connectivity index (χ2v) is 5.91. The summed E-state index contributed by atoms with van der Waals surface area (Å²) >= 11 is 0. The Kier molecular flexibility index (Phi) is 3.27. The van der Waals surface area contributed by atoms with Crippen molar-refractivity contribution in [1.82, 2.24) is 4.57 Å². The van der Waals surface area contributed by atoms with E-state index in [4.69, 9.17) is 10.00 Å². The molecule has 1 N–H and O–H groups in total. The molecule has 0 saturated heterocycles. The molecule has 5 nitrogen and oxygen atoms in total. The number of nitrogens with zero attached hydrogens (tertiary/aromatic N) is 2. The highest BCUT2D eigenvalue weighted by Gasteiger charge is 2.44. The van der Waals surface area contributed by atoms with Crippen LogP contribution in [-0.4, -0.2) is 21.4 Å². The smallest absolute Gasteiger partial charge is 0.251 e. The number of aliphatic hydroxyl groups is 1. The van der Waals surface area contributed by atoms with Crippen molar-refractivity contribution in [3.63, 3.8) is 0 Å². The number of hydrogen-bond donors (Lipinski definition) is 1. The number of benzene rings is 1. The molecule has 1 aliphatic rings. The Morgan fingerprint density at radius 2 is 2.09 bits per heavy atom. The summed E-state index contributed by atoms with van der Waals surface area (Å²) < 4.78 is 7.33. The Hall–Kier alpha value is -2.58. The molecule has 0 amide bonds. The predicted octanol–water partition coefficient (Wildman–Crippen LogP) is 1.84. The molecule has 0 aliphatic carbocycles. The lowest BCUT2D eigenvalue weighted by Gasteiger charge is -2.42. The van der Waals surface area contributed by atoms with Crippen molar-refractivity contribution in [2.24, 2.45) is 0 Å². The van der Waals surface area contributed by atoms with Crippen LogP contribution in [0, 0.1) is 11.3 Å². The Morgan fingerprint density at radius 1 is 1.32 bits per heavy atom. The molecule has 2 atom stereocenters. The number of rotatable bonds is 1. The molecule has 112 valence electrons. The summed E-state index contributed by atoms with van der Waals surface area (Å²) in [4.78, 5) is 12.2. The van der Waals surface area contributed by atoms with Crippen molar-refractivity contribution < 1.29 is 9.84 Å². The number of nitriles is 1. The van der Waals surface area contributed by atoms with Gasteiger partial charge in [0.25, 0.3) is 5.56 Å². The van der Waals surface area contributed by atoms with Gasteiger partial charge in [-0.3, -0.25) is 4.79 Å². The summed E-state index contributed by atoms with van der Waals surface area (Å²) in [5.74, 6) is 0.579. The van der Waals surface area contributed by atoms with Gasteiger partial charge < -0.3 is 14.4 Å². The lowest BCUT2D eigenvalue weighted by atomic mass is 9.85. The van der Waals surface area contributed by atoms with Crippen LogP contribution < -0.4 is 10.3 Å². The first-order valence-corrected chi connectivity index (χ1v) is 7.02. The number of hydrogen-bond acceptors (Lipinski definition) is 4. The standard InChI is InChI=1S/C17H16N2O3/c1-17(2)16(21)15(19-8-4-3-5-14(19)20)12-9-11(10-18)6-7-13(12)22-17/h3-9,15-16,21H,1-2H3/t15-,16+/m0/s1. The average Bonchev–Trinajstić information content (AvgIpc) is 2.49. The quantitative estimate of drug-likeness (QED) is 0.871. The van der Waals surface area contributed by atoms with Crippen LogP contribution in [0.15, 0.2) is 47.4 Å². The summed E-state index contributed by atoms with van der Waals surface area (Å²) in [6.07, 6.45) is 0.717. The van der Waals surface area contributed by atoms with Gasteiger partial charge in [-0.25, -0.2) is 0 Å². The van der Waals surface area contributed by atoms with E-state index in [9.17, 15) is 9.90 Å². The molecule has 1 aromatic carbocycles. The van der Waals surface area contributed by atoms with E-state index in [1.165, 1.54) is 10.6 Å². The Morgan fingerprint density at radius 3 is 2.77 bits per heavy atom. The molecule has 0 fully saturated rings. The van der Waals surface area contributed by atoms with Gasteiger partial charge in [-0.1, -0.05) is 6.07 Å². The fourth-order valence-corrected chi connectivity index (χ4v) is 2.81. The third-order valence-electron chi connectivity index (χ3n) is 3.99. The number of pyridine rings is 1. The van der Waals surface area contributed by atoms with Crippen LogP contribution in [-0.2, 0) is 0 Å². The summed E-state index contributed by atoms with van der Waals surface area (Å²) in [7, 11) is 0. The first-order valence-electron chi connectivity index (χ1n) is 7.02. The van der Waals surface area contributed by atoms with Gasteiger partial charge in [0, 0.05) is 17.8 Å². The highest BCUT2D eigenvalue weighted by Crippen LogP contribution is 2.41. The first-order chi connectivity index (χ1) is 10.4. The van der Waals surface area contributed by atoms with Crippen LogP contribution in [0.25, 0.3) is 0 Å². The van der Waals surface area contributed by atoms with Crippen LogP contribution in [0.5, 0.6) is 5.75 Å². The van der Waals surface area contributed by atoms with E-state index in [0.717, 1.165) is 0 Å². The van der Waals surface area contributed by atoms with E-state index in [2.05, 4.69) is 6.07 Å². The largest absolute Gasteiger partial charge is 0.485 e. The molecule has 22 heavy (non-hydrogen) atoms. The molecule has 3 rings (SSSR count). The third-order valence-corrected chi connectivity index (χ3v) is 3.99. The Bertz CT molecular complexity index is 817. The third kappa shape index (κ3) is 2.18. The van der Waals surface area contributed by atoms with Crippen LogP contribution in [0.3, 0.4) is 0 Å². The van der Waals surface area contributed by atoms with E-state index in [-0.39, 0.29) is 5.56 Å². The molecular formula is C17H16N2O3. The molecule has 2 aromatic rings. The van der Waals surface area contributed by atoms with Gasteiger partial charge in [-0.15, -0.1) is 0 Å². The fraction of sp³-hybridized carbons (Fsp3) is 0.294. The highest BCUT2D eigenvalue weighted by molar-refractivity contribution is 5.46. The number of fused-ring (bicyclic) bond motifs is 1. The zero-order chi connectivity index (χ0) is 15.9. The number of aliphatic hydroxyl groups excluding tert-OH is 1. The summed E-state index contributed by atoms with van der Waals surface area (Å²) in [5, 5.41) is 19.8. The molecule has 1 aliphatic heterocycles. The summed E-state index contributed by atoms with van der Waals surface area (Å²) in [6.45, 7) is 3.56. The SMILES string of the molecule is CC1(C)Oc2ccc(C#N)cc2[C@H](n2ccccc2=O)[C@H]1O. The van der Waals surface area contributed by atoms with Crippen molar-refractivity contribution in [2.45, 2.75) is 31.6 Å². The highest BCUT2D eigenvalue weighted by atomic mass is 16.5. The van der Waals surface area contributed by atoms with Gasteiger partial charge >= 0.3 is 0 Å². The van der Waals surface area contributed by atoms with E-state index in [1.54, 1.807) is 50.4 Å². The molecule has 0 bridgehead atoms. The molecular weight excluding hydrogens is 280 g/mol. The van der Waals surface area contributed by atoms with Crippen molar-refractivity contribution in [1.29, 1.82) is 5.26 Å². The maximum absolute atomic E-state index is 12.2. The average molecular weight is 296 g/mol. The second kappa shape index (κ2) is 5.00.